The molecule has 0 aliphatic heterocycles. The fraction of sp³-hybridized carbons (Fsp3) is 0.867. The summed E-state index contributed by atoms with van der Waals surface area (Å²) in [6.45, 7) is 2.74. The monoisotopic (exact) mass is 242 g/mol. The van der Waals surface area contributed by atoms with Crippen molar-refractivity contribution in [1.82, 2.24) is 0 Å². The Labute approximate surface area is 107 Å². The van der Waals surface area contributed by atoms with Crippen LogP contribution in [0.2, 0.25) is 0 Å². The van der Waals surface area contributed by atoms with Crippen molar-refractivity contribution in [1.29, 1.82) is 0 Å². The van der Waals surface area contributed by atoms with Crippen LogP contribution >= 0.6 is 0 Å². The molecule has 17 heavy (non-hydrogen) atoms. The van der Waals surface area contributed by atoms with E-state index in [1.165, 1.54) is 64.2 Å². The van der Waals surface area contributed by atoms with Crippen molar-refractivity contribution in [3.63, 3.8) is 0 Å². The first-order chi connectivity index (χ1) is 8.41. The summed E-state index contributed by atoms with van der Waals surface area (Å²) in [6, 6.07) is 0. The summed E-state index contributed by atoms with van der Waals surface area (Å²) in [5, 5.41) is 8.13. The van der Waals surface area contributed by atoms with Gasteiger partial charge in [-0.05, 0) is 32.1 Å². The van der Waals surface area contributed by atoms with Gasteiger partial charge in [-0.15, -0.1) is 0 Å². The molecule has 0 fully saturated rings. The first-order valence-corrected chi connectivity index (χ1v) is 7.33. The molecule has 0 aromatic carbocycles. The molecule has 2 nitrogen and oxygen atoms in total. The summed E-state index contributed by atoms with van der Waals surface area (Å²) < 4.78 is 0. The Bertz CT molecular complexity index is 155. The number of hydrogen-bond donors (Lipinski definition) is 1. The average Bonchev–Trinajstić information content (AvgIpc) is 2.35. The molecule has 0 aromatic rings. The van der Waals surface area contributed by atoms with E-state index < -0.39 is 0 Å². The largest absolute Gasteiger partial charge is 0.252 e. The van der Waals surface area contributed by atoms with Crippen LogP contribution in [0.1, 0.15) is 77.6 Å². The Balaban J connectivity index is 2.99. The van der Waals surface area contributed by atoms with E-state index in [9.17, 15) is 0 Å². The first kappa shape index (κ1) is 16.7. The quantitative estimate of drug-likeness (QED) is 0.204. The van der Waals surface area contributed by atoms with Gasteiger partial charge in [-0.1, -0.05) is 57.6 Å². The fourth-order valence-electron chi connectivity index (χ4n) is 1.88. The summed E-state index contributed by atoms with van der Waals surface area (Å²) in [4.78, 5) is 4.03. The third-order valence-corrected chi connectivity index (χ3v) is 3.00. The molecule has 0 saturated carbocycles. The second-order valence-corrected chi connectivity index (χ2v) is 4.71. The van der Waals surface area contributed by atoms with Crippen molar-refractivity contribution in [2.45, 2.75) is 77.6 Å². The van der Waals surface area contributed by atoms with Gasteiger partial charge in [0.15, 0.2) is 0 Å². The lowest BCUT2D eigenvalue weighted by molar-refractivity contribution is -0.242. The highest BCUT2D eigenvalue weighted by atomic mass is 17.1. The molecule has 0 spiro atoms. The summed E-state index contributed by atoms with van der Waals surface area (Å²) in [5.41, 5.74) is 0. The van der Waals surface area contributed by atoms with E-state index in [1.54, 1.807) is 0 Å². The van der Waals surface area contributed by atoms with Crippen molar-refractivity contribution >= 4 is 0 Å². The molecule has 0 aromatic heterocycles. The smallest absolute Gasteiger partial charge is 0.0819 e. The molecule has 0 atom stereocenters. The molecule has 0 radical (unpaired) electrons. The molecule has 0 amide bonds. The van der Waals surface area contributed by atoms with Gasteiger partial charge in [0.25, 0.3) is 0 Å². The van der Waals surface area contributed by atoms with Gasteiger partial charge in [-0.3, -0.25) is 5.26 Å². The fourth-order valence-corrected chi connectivity index (χ4v) is 1.88. The van der Waals surface area contributed by atoms with Crippen LogP contribution in [0.15, 0.2) is 12.2 Å². The average molecular weight is 242 g/mol. The minimum Gasteiger partial charge on any atom is -0.252 e. The van der Waals surface area contributed by atoms with Crippen LogP contribution in [0.4, 0.5) is 0 Å². The van der Waals surface area contributed by atoms with Crippen LogP contribution in [0, 0.1) is 0 Å². The number of allylic oxidation sites excluding steroid dienone is 2. The summed E-state index contributed by atoms with van der Waals surface area (Å²) in [6.07, 6.45) is 18.6. The zero-order valence-electron chi connectivity index (χ0n) is 11.5. The molecule has 0 unspecified atom stereocenters. The Morgan fingerprint density at radius 3 is 1.88 bits per heavy atom. The molecule has 0 rings (SSSR count). The summed E-state index contributed by atoms with van der Waals surface area (Å²) >= 11 is 0. The topological polar surface area (TPSA) is 29.5 Å². The molecular formula is C15H30O2. The molecule has 1 N–H and O–H groups in total. The van der Waals surface area contributed by atoms with Crippen LogP contribution < -0.4 is 0 Å². The Morgan fingerprint density at radius 1 is 0.765 bits per heavy atom. The van der Waals surface area contributed by atoms with Crippen LogP contribution in [0.25, 0.3) is 0 Å². The molecule has 0 bridgehead atoms. The van der Waals surface area contributed by atoms with Crippen LogP contribution in [-0.2, 0) is 4.89 Å². The summed E-state index contributed by atoms with van der Waals surface area (Å²) in [7, 11) is 0. The third kappa shape index (κ3) is 15.7. The van der Waals surface area contributed by atoms with Gasteiger partial charge >= 0.3 is 0 Å². The van der Waals surface area contributed by atoms with Gasteiger partial charge in [-0.25, -0.2) is 4.89 Å². The van der Waals surface area contributed by atoms with E-state index >= 15 is 0 Å². The molecule has 102 valence electrons. The van der Waals surface area contributed by atoms with Gasteiger partial charge in [0.1, 0.15) is 0 Å². The second kappa shape index (κ2) is 15.7. The zero-order valence-corrected chi connectivity index (χ0v) is 11.5. The molecule has 0 saturated heterocycles. The Kier molecular flexibility index (Phi) is 15.3. The highest BCUT2D eigenvalue weighted by molar-refractivity contribution is 4.81. The van der Waals surface area contributed by atoms with E-state index in [1.807, 2.05) is 0 Å². The van der Waals surface area contributed by atoms with Crippen LogP contribution in [0.3, 0.4) is 0 Å². The lowest BCUT2D eigenvalue weighted by Crippen LogP contribution is -1.88. The van der Waals surface area contributed by atoms with Crippen molar-refractivity contribution in [2.75, 3.05) is 6.61 Å². The summed E-state index contributed by atoms with van der Waals surface area (Å²) in [5.74, 6) is 0. The Hall–Kier alpha value is -0.340. The van der Waals surface area contributed by atoms with E-state index in [0.29, 0.717) is 6.61 Å². The predicted molar refractivity (Wildman–Crippen MR) is 74.2 cm³/mol. The van der Waals surface area contributed by atoms with E-state index in [0.717, 1.165) is 6.42 Å². The van der Waals surface area contributed by atoms with Gasteiger partial charge in [0, 0.05) is 0 Å². The number of unbranched alkanes of at least 4 members (excludes halogenated alkanes) is 9. The van der Waals surface area contributed by atoms with Crippen molar-refractivity contribution in [2.24, 2.45) is 0 Å². The van der Waals surface area contributed by atoms with Gasteiger partial charge in [-0.2, -0.15) is 0 Å². The standard InChI is InChI=1S/C15H30O2/c1-2-3-4-5-6-7-8-9-10-11-12-13-14-15-17-16/h7-8,16H,2-6,9-15H2,1H3/b8-7+. The van der Waals surface area contributed by atoms with E-state index in [4.69, 9.17) is 5.26 Å². The molecule has 0 aliphatic carbocycles. The Morgan fingerprint density at radius 2 is 1.29 bits per heavy atom. The predicted octanol–water partition coefficient (Wildman–Crippen LogP) is 5.34. The van der Waals surface area contributed by atoms with Crippen LogP contribution in [-0.4, -0.2) is 11.9 Å². The zero-order chi connectivity index (χ0) is 12.6. The molecule has 0 heterocycles. The van der Waals surface area contributed by atoms with Crippen molar-refractivity contribution in [3.05, 3.63) is 12.2 Å². The van der Waals surface area contributed by atoms with Crippen molar-refractivity contribution in [3.8, 4) is 0 Å². The molecule has 2 heteroatoms. The minimum absolute atomic E-state index is 0.484. The van der Waals surface area contributed by atoms with Gasteiger partial charge in [0.05, 0.1) is 6.61 Å². The van der Waals surface area contributed by atoms with E-state index in [-0.39, 0.29) is 0 Å². The lowest BCUT2D eigenvalue weighted by Gasteiger charge is -1.98. The molecule has 0 aliphatic rings. The van der Waals surface area contributed by atoms with Crippen molar-refractivity contribution < 1.29 is 10.1 Å². The maximum absolute atomic E-state index is 8.13. The second-order valence-electron chi connectivity index (χ2n) is 4.71. The first-order valence-electron chi connectivity index (χ1n) is 7.33. The van der Waals surface area contributed by atoms with Crippen LogP contribution in [0.5, 0.6) is 0 Å². The minimum atomic E-state index is 0.484. The van der Waals surface area contributed by atoms with E-state index in [2.05, 4.69) is 24.0 Å². The lowest BCUT2D eigenvalue weighted by atomic mass is 10.1. The highest BCUT2D eigenvalue weighted by Crippen LogP contribution is 2.07. The third-order valence-electron chi connectivity index (χ3n) is 3.00. The maximum Gasteiger partial charge on any atom is 0.0819 e. The molecular weight excluding hydrogens is 212 g/mol. The normalized spacial score (nSPS) is 11.4. The van der Waals surface area contributed by atoms with Gasteiger partial charge in [0.2, 0.25) is 0 Å². The number of rotatable bonds is 13. The van der Waals surface area contributed by atoms with Gasteiger partial charge < -0.3 is 0 Å². The SMILES string of the molecule is CCCCCC/C=C/CCCCCCCOO. The highest BCUT2D eigenvalue weighted by Gasteiger charge is 1.90. The number of hydrogen-bond acceptors (Lipinski definition) is 2. The maximum atomic E-state index is 8.13.